The van der Waals surface area contributed by atoms with Gasteiger partial charge in [0.1, 0.15) is 0 Å². The molecule has 0 fully saturated rings. The summed E-state index contributed by atoms with van der Waals surface area (Å²) in [5, 5.41) is 12.3. The Morgan fingerprint density at radius 1 is 0.366 bits per heavy atom. The zero-order chi connectivity index (χ0) is 47.7. The fourth-order valence-electron chi connectivity index (χ4n) is 9.33. The Morgan fingerprint density at radius 3 is 1.38 bits per heavy atom. The summed E-state index contributed by atoms with van der Waals surface area (Å²) in [7, 11) is 0. The molecular formula is C63H38N8. The van der Waals surface area contributed by atoms with Gasteiger partial charge in [-0.1, -0.05) is 194 Å². The Balaban J connectivity index is 1.19. The third-order valence-corrected chi connectivity index (χ3v) is 12.8. The van der Waals surface area contributed by atoms with Crippen molar-refractivity contribution < 1.29 is 0 Å². The molecule has 3 heterocycles. The molecule has 12 aromatic rings. The normalized spacial score (nSPS) is 11.1. The van der Waals surface area contributed by atoms with Crippen molar-refractivity contribution >= 4 is 27.5 Å². The number of rotatable bonds is 9. The standard InChI is InChI=1S/C63H38N8/c1-65-54-29-17-16-28-50(54)46-31-34-52-51-33-30-45(49-27-15-14-26-48(49)40-64)37-58(51)71(59(52)38-46)57-35-32-47(56-39-55(41-18-6-2-7-19-41)66-60(67-56)42-20-8-3-9-21-42)36-53(57)63-69-61(43-22-10-4-11-23-43)68-62(70-63)44-24-12-5-13-25-44/h2-39H. The molecule has 0 aliphatic carbocycles. The first-order chi connectivity index (χ1) is 35.1. The molecule has 0 radical (unpaired) electrons. The van der Waals surface area contributed by atoms with Crippen molar-refractivity contribution in [2.75, 3.05) is 0 Å². The second-order valence-corrected chi connectivity index (χ2v) is 17.0. The Hall–Kier alpha value is -10.2. The molecule has 0 saturated carbocycles. The molecule has 8 nitrogen and oxygen atoms in total. The summed E-state index contributed by atoms with van der Waals surface area (Å²) >= 11 is 0. The topological polar surface area (TPSA) is 97.5 Å². The molecule has 0 aliphatic rings. The van der Waals surface area contributed by atoms with Crippen LogP contribution >= 0.6 is 0 Å². The van der Waals surface area contributed by atoms with Crippen molar-refractivity contribution in [1.82, 2.24) is 29.5 Å². The zero-order valence-electron chi connectivity index (χ0n) is 38.0. The fraction of sp³-hybridized carbons (Fsp3) is 0. The summed E-state index contributed by atoms with van der Waals surface area (Å²) in [5.74, 6) is 2.12. The van der Waals surface area contributed by atoms with Crippen molar-refractivity contribution in [1.29, 1.82) is 5.26 Å². The molecule has 3 aromatic heterocycles. The van der Waals surface area contributed by atoms with Gasteiger partial charge in [-0.15, -0.1) is 0 Å². The molecule has 0 unspecified atom stereocenters. The van der Waals surface area contributed by atoms with E-state index >= 15 is 0 Å². The molecule has 0 N–H and O–H groups in total. The smallest absolute Gasteiger partial charge is 0.194 e. The van der Waals surface area contributed by atoms with Gasteiger partial charge in [0.2, 0.25) is 0 Å². The monoisotopic (exact) mass is 906 g/mol. The number of hydrogen-bond donors (Lipinski definition) is 0. The van der Waals surface area contributed by atoms with Crippen LogP contribution in [0.5, 0.6) is 0 Å². The van der Waals surface area contributed by atoms with Gasteiger partial charge in [-0.05, 0) is 58.7 Å². The maximum atomic E-state index is 10.3. The van der Waals surface area contributed by atoms with Crippen LogP contribution in [0, 0.1) is 17.9 Å². The highest BCUT2D eigenvalue weighted by atomic mass is 15.1. The van der Waals surface area contributed by atoms with Crippen LogP contribution in [0.25, 0.3) is 123 Å². The highest BCUT2D eigenvalue weighted by Crippen LogP contribution is 2.42. The van der Waals surface area contributed by atoms with Crippen LogP contribution in [0.15, 0.2) is 231 Å². The van der Waals surface area contributed by atoms with Gasteiger partial charge in [0.25, 0.3) is 0 Å². The van der Waals surface area contributed by atoms with E-state index in [2.05, 4.69) is 82.2 Å². The van der Waals surface area contributed by atoms with Gasteiger partial charge in [-0.3, -0.25) is 0 Å². The van der Waals surface area contributed by atoms with Gasteiger partial charge in [0.05, 0.1) is 46.3 Å². The van der Waals surface area contributed by atoms with Gasteiger partial charge in [0.15, 0.2) is 29.0 Å². The summed E-state index contributed by atoms with van der Waals surface area (Å²) in [6, 6.07) is 79.2. The summed E-state index contributed by atoms with van der Waals surface area (Å²) in [6.45, 7) is 8.07. The average Bonchev–Trinajstić information content (AvgIpc) is 3.78. The second-order valence-electron chi connectivity index (χ2n) is 17.0. The molecule has 0 atom stereocenters. The van der Waals surface area contributed by atoms with Crippen LogP contribution in [0.3, 0.4) is 0 Å². The number of para-hydroxylation sites is 1. The number of hydrogen-bond acceptors (Lipinski definition) is 6. The predicted octanol–water partition coefficient (Wildman–Crippen LogP) is 15.5. The van der Waals surface area contributed by atoms with Crippen molar-refractivity contribution in [2.45, 2.75) is 0 Å². The van der Waals surface area contributed by atoms with E-state index in [1.807, 2.05) is 164 Å². The molecular weight excluding hydrogens is 869 g/mol. The number of benzene rings is 9. The lowest BCUT2D eigenvalue weighted by molar-refractivity contribution is 1.06. The first-order valence-corrected chi connectivity index (χ1v) is 23.2. The number of nitriles is 1. The molecule has 71 heavy (non-hydrogen) atoms. The molecule has 8 heteroatoms. The fourth-order valence-corrected chi connectivity index (χ4v) is 9.33. The van der Waals surface area contributed by atoms with E-state index in [1.54, 1.807) is 0 Å². The summed E-state index contributed by atoms with van der Waals surface area (Å²) in [4.78, 5) is 30.0. The molecule has 0 bridgehead atoms. The van der Waals surface area contributed by atoms with Gasteiger partial charge in [-0.25, -0.2) is 29.8 Å². The van der Waals surface area contributed by atoms with Gasteiger partial charge < -0.3 is 4.57 Å². The number of nitrogens with zero attached hydrogens (tertiary/aromatic N) is 8. The Bertz CT molecular complexity index is 3830. The lowest BCUT2D eigenvalue weighted by Crippen LogP contribution is -2.04. The minimum absolute atomic E-state index is 0.464. The minimum atomic E-state index is 0.464. The zero-order valence-corrected chi connectivity index (χ0v) is 38.0. The Labute approximate surface area is 410 Å². The third kappa shape index (κ3) is 7.94. The average molecular weight is 907 g/mol. The summed E-state index contributed by atoms with van der Waals surface area (Å²) < 4.78 is 2.27. The van der Waals surface area contributed by atoms with Crippen LogP contribution < -0.4 is 0 Å². The Morgan fingerprint density at radius 2 is 0.817 bits per heavy atom. The van der Waals surface area contributed by atoms with E-state index in [1.165, 1.54) is 0 Å². The summed E-state index contributed by atoms with van der Waals surface area (Å²) in [5.41, 5.74) is 13.9. The molecule has 9 aromatic carbocycles. The molecule has 0 aliphatic heterocycles. The van der Waals surface area contributed by atoms with Crippen LogP contribution in [-0.4, -0.2) is 29.5 Å². The van der Waals surface area contributed by atoms with E-state index in [4.69, 9.17) is 31.5 Å². The van der Waals surface area contributed by atoms with Crippen LogP contribution in [0.2, 0.25) is 0 Å². The highest BCUT2D eigenvalue weighted by molar-refractivity contribution is 6.12. The third-order valence-electron chi connectivity index (χ3n) is 12.8. The quantitative estimate of drug-likeness (QED) is 0.134. The van der Waals surface area contributed by atoms with Crippen LogP contribution in [0.4, 0.5) is 5.69 Å². The summed E-state index contributed by atoms with van der Waals surface area (Å²) in [6.07, 6.45) is 0. The van der Waals surface area contributed by atoms with Gasteiger partial charge in [-0.2, -0.15) is 5.26 Å². The number of fused-ring (bicyclic) bond motifs is 3. The second kappa shape index (κ2) is 18.2. The minimum Gasteiger partial charge on any atom is -0.308 e. The number of aromatic nitrogens is 6. The van der Waals surface area contributed by atoms with E-state index in [-0.39, 0.29) is 0 Å². The highest BCUT2D eigenvalue weighted by Gasteiger charge is 2.23. The first kappa shape index (κ1) is 42.2. The SMILES string of the molecule is [C-]#[N+]c1ccccc1-c1ccc2c3ccc(-c4ccccc4C#N)cc3n(-c3ccc(-c4cc(-c5ccccc5)nc(-c5ccccc5)n4)cc3-c3nc(-c4ccccc4)nc(-c4ccccc4)n3)c2c1. The molecule has 0 saturated heterocycles. The van der Waals surface area contributed by atoms with E-state index in [0.717, 1.165) is 94.5 Å². The Kier molecular flexibility index (Phi) is 10.8. The molecule has 0 spiro atoms. The molecule has 0 amide bonds. The van der Waals surface area contributed by atoms with Gasteiger partial charge in [0, 0.05) is 44.2 Å². The largest absolute Gasteiger partial charge is 0.308 e. The first-order valence-electron chi connectivity index (χ1n) is 23.2. The van der Waals surface area contributed by atoms with Crippen molar-refractivity contribution in [2.24, 2.45) is 0 Å². The maximum Gasteiger partial charge on any atom is 0.194 e. The molecule has 12 rings (SSSR count). The lowest BCUT2D eigenvalue weighted by Gasteiger charge is -2.17. The van der Waals surface area contributed by atoms with Crippen LogP contribution in [-0.2, 0) is 0 Å². The van der Waals surface area contributed by atoms with Crippen molar-refractivity contribution in [3.63, 3.8) is 0 Å². The van der Waals surface area contributed by atoms with Crippen LogP contribution in [0.1, 0.15) is 5.56 Å². The van der Waals surface area contributed by atoms with Gasteiger partial charge >= 0.3 is 0 Å². The van der Waals surface area contributed by atoms with E-state index in [0.29, 0.717) is 34.5 Å². The van der Waals surface area contributed by atoms with Crippen molar-refractivity contribution in [3.8, 4) is 102 Å². The maximum absolute atomic E-state index is 10.3. The van der Waals surface area contributed by atoms with E-state index < -0.39 is 0 Å². The lowest BCUT2D eigenvalue weighted by atomic mass is 9.98. The van der Waals surface area contributed by atoms with E-state index in [9.17, 15) is 5.26 Å². The molecule has 330 valence electrons. The predicted molar refractivity (Wildman–Crippen MR) is 284 cm³/mol. The van der Waals surface area contributed by atoms with Crippen molar-refractivity contribution in [3.05, 3.63) is 248 Å².